The Morgan fingerprint density at radius 2 is 1.68 bits per heavy atom. The zero-order valence-electron chi connectivity index (χ0n) is 18.5. The summed E-state index contributed by atoms with van der Waals surface area (Å²) >= 11 is 0. The van der Waals surface area contributed by atoms with E-state index in [9.17, 15) is 14.7 Å². The Morgan fingerprint density at radius 3 is 2.35 bits per heavy atom. The molecule has 0 radical (unpaired) electrons. The Labute approximate surface area is 196 Å². The zero-order chi connectivity index (χ0) is 23.7. The summed E-state index contributed by atoms with van der Waals surface area (Å²) in [5.74, 6) is 0.252. The number of ether oxygens (including phenoxy) is 1. The topological polar surface area (TPSA) is 102 Å². The van der Waals surface area contributed by atoms with Crippen LogP contribution in [0.15, 0.2) is 88.1 Å². The molecule has 4 aromatic rings. The molecular formula is C27H23NO6. The molecule has 5 rings (SSSR count). The lowest BCUT2D eigenvalue weighted by atomic mass is 10.0. The second-order valence-corrected chi connectivity index (χ2v) is 8.41. The lowest BCUT2D eigenvalue weighted by Gasteiger charge is -2.14. The normalized spacial score (nSPS) is 14.9. The number of nitrogens with one attached hydrogen (secondary N) is 1. The summed E-state index contributed by atoms with van der Waals surface area (Å²) in [5, 5.41) is 12.2. The molecule has 7 heteroatoms. The molecule has 1 atom stereocenters. The lowest BCUT2D eigenvalue weighted by molar-refractivity contribution is -0.140. The van der Waals surface area contributed by atoms with Crippen molar-refractivity contribution >= 4 is 17.7 Å². The van der Waals surface area contributed by atoms with Gasteiger partial charge < -0.3 is 18.7 Å². The van der Waals surface area contributed by atoms with E-state index >= 15 is 0 Å². The van der Waals surface area contributed by atoms with Crippen molar-refractivity contribution in [3.63, 3.8) is 0 Å². The van der Waals surface area contributed by atoms with Gasteiger partial charge in [-0.2, -0.15) is 0 Å². The first kappa shape index (κ1) is 21.6. The number of carboxylic acids is 1. The van der Waals surface area contributed by atoms with E-state index in [0.717, 1.165) is 16.7 Å². The van der Waals surface area contributed by atoms with Crippen LogP contribution in [0.25, 0.3) is 22.5 Å². The third kappa shape index (κ3) is 4.08. The number of benzene rings is 2. The van der Waals surface area contributed by atoms with Crippen molar-refractivity contribution < 1.29 is 28.3 Å². The molecule has 172 valence electrons. The number of hydrogen-bond donors (Lipinski definition) is 2. The maximum atomic E-state index is 12.4. The number of carbonyl (C=O) groups is 2. The van der Waals surface area contributed by atoms with Crippen LogP contribution in [0.5, 0.6) is 0 Å². The Bertz CT molecular complexity index is 1310. The standard InChI is InChI=1S/C27H23NO6/c1-17(18-5-3-2-4-6-18)33-26(31)28-22-16-32-15-21(22)19-7-9-20(10-8-19)23-11-12-24(34-23)27(13-14-27)25(29)30/h2-12,15-17H,13-14H2,1H3,(H,28,31)(H,29,30). The SMILES string of the molecule is CC(OC(=O)Nc1cocc1-c1ccc(-c2ccc(C3(C(=O)O)CC3)o2)cc1)c1ccccc1. The summed E-state index contributed by atoms with van der Waals surface area (Å²) in [6.45, 7) is 1.81. The van der Waals surface area contributed by atoms with E-state index in [4.69, 9.17) is 13.6 Å². The van der Waals surface area contributed by atoms with E-state index < -0.39 is 23.6 Å². The molecule has 1 fully saturated rings. The minimum atomic E-state index is -0.873. The summed E-state index contributed by atoms with van der Waals surface area (Å²) in [6.07, 6.45) is 3.22. The average Bonchev–Trinajstić information content (AvgIpc) is 3.29. The molecule has 7 nitrogen and oxygen atoms in total. The van der Waals surface area contributed by atoms with Crippen molar-refractivity contribution in [2.75, 3.05) is 5.32 Å². The molecule has 2 heterocycles. The summed E-state index contributed by atoms with van der Waals surface area (Å²) < 4.78 is 16.7. The number of amides is 1. The van der Waals surface area contributed by atoms with E-state index in [-0.39, 0.29) is 0 Å². The predicted molar refractivity (Wildman–Crippen MR) is 125 cm³/mol. The van der Waals surface area contributed by atoms with Gasteiger partial charge in [0.1, 0.15) is 35.6 Å². The van der Waals surface area contributed by atoms with E-state index in [2.05, 4.69) is 5.32 Å². The molecule has 2 aromatic heterocycles. The number of carboxylic acid groups (broad SMARTS) is 1. The maximum Gasteiger partial charge on any atom is 0.412 e. The van der Waals surface area contributed by atoms with Gasteiger partial charge in [-0.1, -0.05) is 54.6 Å². The van der Waals surface area contributed by atoms with Crippen LogP contribution in [0, 0.1) is 0 Å². The number of carbonyl (C=O) groups excluding carboxylic acids is 1. The molecule has 0 bridgehead atoms. The molecule has 1 saturated carbocycles. The Balaban J connectivity index is 1.28. The largest absolute Gasteiger partial charge is 0.480 e. The van der Waals surface area contributed by atoms with E-state index in [1.165, 1.54) is 6.26 Å². The molecule has 0 saturated heterocycles. The van der Waals surface area contributed by atoms with Crippen molar-refractivity contribution in [3.8, 4) is 22.5 Å². The molecule has 0 spiro atoms. The van der Waals surface area contributed by atoms with Crippen LogP contribution >= 0.6 is 0 Å². The van der Waals surface area contributed by atoms with Gasteiger partial charge in [-0.3, -0.25) is 10.1 Å². The quantitative estimate of drug-likeness (QED) is 0.323. The van der Waals surface area contributed by atoms with Crippen molar-refractivity contribution in [1.29, 1.82) is 0 Å². The molecule has 34 heavy (non-hydrogen) atoms. The third-order valence-electron chi connectivity index (χ3n) is 6.17. The second-order valence-electron chi connectivity index (χ2n) is 8.41. The van der Waals surface area contributed by atoms with Gasteiger partial charge in [0, 0.05) is 11.1 Å². The van der Waals surface area contributed by atoms with Crippen LogP contribution in [0.4, 0.5) is 10.5 Å². The van der Waals surface area contributed by atoms with E-state index in [1.807, 2.05) is 61.5 Å². The second kappa shape index (κ2) is 8.59. The van der Waals surface area contributed by atoms with Crippen LogP contribution in [0.3, 0.4) is 0 Å². The Morgan fingerprint density at radius 1 is 0.971 bits per heavy atom. The van der Waals surface area contributed by atoms with Crippen LogP contribution in [-0.2, 0) is 14.9 Å². The first-order chi connectivity index (χ1) is 16.5. The molecule has 1 aliphatic carbocycles. The van der Waals surface area contributed by atoms with Gasteiger partial charge in [-0.05, 0) is 43.0 Å². The van der Waals surface area contributed by atoms with E-state index in [1.54, 1.807) is 18.4 Å². The van der Waals surface area contributed by atoms with Gasteiger partial charge in [-0.15, -0.1) is 0 Å². The number of aliphatic carboxylic acids is 1. The van der Waals surface area contributed by atoms with Crippen molar-refractivity contribution in [2.24, 2.45) is 0 Å². The number of rotatable bonds is 7. The highest BCUT2D eigenvalue weighted by molar-refractivity contribution is 5.91. The van der Waals surface area contributed by atoms with Crippen molar-refractivity contribution in [2.45, 2.75) is 31.3 Å². The first-order valence-electron chi connectivity index (χ1n) is 11.0. The molecule has 1 unspecified atom stereocenters. The minimum absolute atomic E-state index is 0.398. The van der Waals surface area contributed by atoms with Gasteiger partial charge in [0.25, 0.3) is 0 Å². The Hall–Kier alpha value is -4.26. The predicted octanol–water partition coefficient (Wildman–Crippen LogP) is 6.63. The van der Waals surface area contributed by atoms with Crippen molar-refractivity contribution in [3.05, 3.63) is 90.6 Å². The van der Waals surface area contributed by atoms with Crippen LogP contribution in [-0.4, -0.2) is 17.2 Å². The maximum absolute atomic E-state index is 12.4. The zero-order valence-corrected chi connectivity index (χ0v) is 18.5. The van der Waals surface area contributed by atoms with Crippen LogP contribution in [0.1, 0.15) is 37.2 Å². The fourth-order valence-electron chi connectivity index (χ4n) is 3.96. The number of hydrogen-bond acceptors (Lipinski definition) is 5. The molecular weight excluding hydrogens is 434 g/mol. The Kier molecular flexibility index (Phi) is 5.45. The highest BCUT2D eigenvalue weighted by atomic mass is 16.6. The highest BCUT2D eigenvalue weighted by Gasteiger charge is 2.54. The minimum Gasteiger partial charge on any atom is -0.480 e. The molecule has 0 aliphatic heterocycles. The number of furan rings is 2. The van der Waals surface area contributed by atoms with Gasteiger partial charge in [0.05, 0.1) is 5.69 Å². The van der Waals surface area contributed by atoms with Gasteiger partial charge in [0.15, 0.2) is 0 Å². The fourth-order valence-corrected chi connectivity index (χ4v) is 3.96. The first-order valence-corrected chi connectivity index (χ1v) is 11.0. The smallest absolute Gasteiger partial charge is 0.412 e. The van der Waals surface area contributed by atoms with Gasteiger partial charge >= 0.3 is 12.1 Å². The van der Waals surface area contributed by atoms with Gasteiger partial charge in [0.2, 0.25) is 0 Å². The summed E-state index contributed by atoms with van der Waals surface area (Å²) in [7, 11) is 0. The van der Waals surface area contributed by atoms with Crippen LogP contribution in [0.2, 0.25) is 0 Å². The summed E-state index contributed by atoms with van der Waals surface area (Å²) in [6, 6.07) is 20.6. The summed E-state index contributed by atoms with van der Waals surface area (Å²) in [5.41, 5.74) is 2.89. The lowest BCUT2D eigenvalue weighted by Crippen LogP contribution is -2.18. The average molecular weight is 457 g/mol. The molecule has 2 aromatic carbocycles. The monoisotopic (exact) mass is 457 g/mol. The highest BCUT2D eigenvalue weighted by Crippen LogP contribution is 2.49. The fraction of sp³-hybridized carbons (Fsp3) is 0.185. The number of anilines is 1. The third-order valence-corrected chi connectivity index (χ3v) is 6.17. The molecule has 1 aliphatic rings. The van der Waals surface area contributed by atoms with Crippen LogP contribution < -0.4 is 5.32 Å². The molecule has 1 amide bonds. The molecule has 2 N–H and O–H groups in total. The summed E-state index contributed by atoms with van der Waals surface area (Å²) in [4.78, 5) is 24.0. The van der Waals surface area contributed by atoms with Gasteiger partial charge in [-0.25, -0.2) is 4.79 Å². The van der Waals surface area contributed by atoms with Crippen molar-refractivity contribution in [1.82, 2.24) is 0 Å². The van der Waals surface area contributed by atoms with E-state index in [0.29, 0.717) is 35.6 Å².